The number of aliphatic hydroxyl groups is 1. The summed E-state index contributed by atoms with van der Waals surface area (Å²) in [4.78, 5) is 0. The Hall–Kier alpha value is 1.56. The van der Waals surface area contributed by atoms with Crippen molar-refractivity contribution in [2.75, 3.05) is 0 Å². The summed E-state index contributed by atoms with van der Waals surface area (Å²) < 4.78 is 13.0. The summed E-state index contributed by atoms with van der Waals surface area (Å²) in [5.41, 5.74) is 0. The zero-order valence-corrected chi connectivity index (χ0v) is 33.3. The van der Waals surface area contributed by atoms with Gasteiger partial charge < -0.3 is 0 Å². The van der Waals surface area contributed by atoms with Crippen molar-refractivity contribution in [1.29, 1.82) is 0 Å². The molecule has 0 aromatic rings. The van der Waals surface area contributed by atoms with E-state index in [1.54, 1.807) is 35.5 Å². The molecule has 1 rings (SSSR count). The zero-order valence-electron chi connectivity index (χ0n) is 27.6. The Balaban J connectivity index is 3.29. The Morgan fingerprint density at radius 1 is 0.526 bits per heavy atom. The molecule has 0 saturated heterocycles. The first kappa shape index (κ1) is 37.6. The molecule has 1 aliphatic rings. The van der Waals surface area contributed by atoms with E-state index in [0.717, 1.165) is 0 Å². The average molecular weight is 748 g/mol. The van der Waals surface area contributed by atoms with Crippen LogP contribution in [0.5, 0.6) is 0 Å². The van der Waals surface area contributed by atoms with E-state index in [1.807, 2.05) is 0 Å². The van der Waals surface area contributed by atoms with Crippen LogP contribution in [-0.2, 0) is 0 Å². The van der Waals surface area contributed by atoms with Crippen LogP contribution in [0.3, 0.4) is 0 Å². The first-order valence-electron chi connectivity index (χ1n) is 18.1. The van der Waals surface area contributed by atoms with Crippen molar-refractivity contribution in [2.45, 2.75) is 199 Å². The number of aliphatic hydroxyl groups excluding tert-OH is 1. The van der Waals surface area contributed by atoms with Gasteiger partial charge in [-0.15, -0.1) is 0 Å². The van der Waals surface area contributed by atoms with Crippen molar-refractivity contribution in [3.63, 3.8) is 0 Å². The van der Waals surface area contributed by atoms with Gasteiger partial charge >= 0.3 is 252 Å². The summed E-state index contributed by atoms with van der Waals surface area (Å²) in [6.45, 7) is 14.5. The molecule has 0 bridgehead atoms. The summed E-state index contributed by atoms with van der Waals surface area (Å²) in [6, 6.07) is 0. The van der Waals surface area contributed by atoms with Gasteiger partial charge in [-0.25, -0.2) is 0 Å². The van der Waals surface area contributed by atoms with Crippen molar-refractivity contribution in [1.82, 2.24) is 0 Å². The van der Waals surface area contributed by atoms with Gasteiger partial charge in [-0.05, 0) is 0 Å². The molecule has 1 N–H and O–H groups in total. The molecule has 1 saturated carbocycles. The third-order valence-electron chi connectivity index (χ3n) is 10.7. The number of hydrogen-bond acceptors (Lipinski definition) is 1. The molecular formula is C35H74OSn2. The Morgan fingerprint density at radius 2 is 0.895 bits per heavy atom. The summed E-state index contributed by atoms with van der Waals surface area (Å²) in [5.74, 6) is 1.27. The summed E-state index contributed by atoms with van der Waals surface area (Å²) in [7, 11) is 0. The van der Waals surface area contributed by atoms with Crippen LogP contribution >= 0.6 is 0 Å². The summed E-state index contributed by atoms with van der Waals surface area (Å²) >= 11 is -4.48. The van der Waals surface area contributed by atoms with Crippen molar-refractivity contribution in [3.05, 3.63) is 0 Å². The zero-order chi connectivity index (χ0) is 28.1. The van der Waals surface area contributed by atoms with Crippen LogP contribution in [0.4, 0.5) is 0 Å². The number of rotatable bonds is 25. The van der Waals surface area contributed by atoms with E-state index in [9.17, 15) is 5.11 Å². The van der Waals surface area contributed by atoms with Gasteiger partial charge in [-0.2, -0.15) is 0 Å². The van der Waals surface area contributed by atoms with Gasteiger partial charge in [0.25, 0.3) is 0 Å². The molecule has 0 unspecified atom stereocenters. The first-order chi connectivity index (χ1) is 18.4. The number of hydrogen-bond donors (Lipinski definition) is 1. The fourth-order valence-corrected chi connectivity index (χ4v) is 42.4. The van der Waals surface area contributed by atoms with Crippen LogP contribution in [0.2, 0.25) is 35.5 Å². The van der Waals surface area contributed by atoms with Crippen molar-refractivity contribution in [3.8, 4) is 0 Å². The van der Waals surface area contributed by atoms with Crippen LogP contribution in [-0.4, -0.2) is 48.0 Å². The maximum absolute atomic E-state index is 12.2. The predicted octanol–water partition coefficient (Wildman–Crippen LogP) is 12.6. The molecule has 0 radical (unpaired) electrons. The van der Waals surface area contributed by atoms with Gasteiger partial charge in [0.05, 0.1) is 0 Å². The Kier molecular flexibility index (Phi) is 22.8. The van der Waals surface area contributed by atoms with Gasteiger partial charge in [0.2, 0.25) is 0 Å². The molecule has 0 spiro atoms. The quantitative estimate of drug-likeness (QED) is 0.0922. The summed E-state index contributed by atoms with van der Waals surface area (Å²) in [5, 5.41) is 12.2. The van der Waals surface area contributed by atoms with Crippen molar-refractivity contribution in [2.24, 2.45) is 11.8 Å². The van der Waals surface area contributed by atoms with Gasteiger partial charge in [0.15, 0.2) is 0 Å². The van der Waals surface area contributed by atoms with Crippen LogP contribution in [0, 0.1) is 11.8 Å². The van der Waals surface area contributed by atoms with Crippen LogP contribution in [0.15, 0.2) is 0 Å². The third-order valence-corrected chi connectivity index (χ3v) is 42.8. The first-order valence-corrected chi connectivity index (χ1v) is 34.3. The SMILES string of the molecule is CCC[CH2][Sn]([CH2]CCC)([CH2]CCC)[CH2]C[C@@H]([CH2][Sn]([CH2]CCC)([CH2]CCC)[CH2]CCC)[C@@H](O)C1CCCCC1. The van der Waals surface area contributed by atoms with E-state index in [2.05, 4.69) is 41.5 Å². The van der Waals surface area contributed by atoms with E-state index < -0.39 is 36.8 Å². The topological polar surface area (TPSA) is 20.2 Å². The van der Waals surface area contributed by atoms with Gasteiger partial charge in [0, 0.05) is 0 Å². The van der Waals surface area contributed by atoms with E-state index in [0.29, 0.717) is 11.8 Å². The second-order valence-electron chi connectivity index (χ2n) is 14.0. The van der Waals surface area contributed by atoms with E-state index in [4.69, 9.17) is 0 Å². The van der Waals surface area contributed by atoms with Crippen LogP contribution < -0.4 is 0 Å². The molecular weight excluding hydrogens is 674 g/mol. The van der Waals surface area contributed by atoms with Gasteiger partial charge in [-0.1, -0.05) is 0 Å². The molecule has 0 aromatic heterocycles. The number of unbranched alkanes of at least 4 members (excludes halogenated alkanes) is 6. The van der Waals surface area contributed by atoms with E-state index in [1.165, 1.54) is 116 Å². The molecule has 1 nitrogen and oxygen atoms in total. The monoisotopic (exact) mass is 750 g/mol. The Morgan fingerprint density at radius 3 is 1.26 bits per heavy atom. The molecule has 38 heavy (non-hydrogen) atoms. The van der Waals surface area contributed by atoms with Gasteiger partial charge in [0.1, 0.15) is 0 Å². The predicted molar refractivity (Wildman–Crippen MR) is 180 cm³/mol. The van der Waals surface area contributed by atoms with Crippen molar-refractivity contribution < 1.29 is 5.11 Å². The van der Waals surface area contributed by atoms with Crippen LogP contribution in [0.1, 0.15) is 157 Å². The second-order valence-corrected chi connectivity index (χ2v) is 42.3. The fourth-order valence-electron chi connectivity index (χ4n) is 8.04. The normalized spacial score (nSPS) is 17.1. The minimum absolute atomic E-state index is 0.0174. The molecule has 0 heterocycles. The second kappa shape index (κ2) is 23.1. The molecule has 228 valence electrons. The Bertz CT molecular complexity index is 486. The molecule has 0 aromatic carbocycles. The molecule has 3 heteroatoms. The minimum atomic E-state index is -2.30. The molecule has 1 aliphatic carbocycles. The fraction of sp³-hybridized carbons (Fsp3) is 1.00. The van der Waals surface area contributed by atoms with Crippen LogP contribution in [0.25, 0.3) is 0 Å². The maximum atomic E-state index is 12.2. The molecule has 0 amide bonds. The Labute approximate surface area is 250 Å². The molecule has 1 fully saturated rings. The standard InChI is InChI=1S/C11H20O.6C4H9.2Sn/c1-3-9(2)11(12)10-7-5-4-6-8-10;6*1-3-4-2;;/h9-12H,1-8H2;6*1,3-4H2,2H3;;/t9-,11-;;;;;;;;/m1......../s1. The average Bonchev–Trinajstić information content (AvgIpc) is 2.96. The van der Waals surface area contributed by atoms with Gasteiger partial charge in [-0.3, -0.25) is 0 Å². The molecule has 2 atom stereocenters. The molecule has 0 aliphatic heterocycles. The van der Waals surface area contributed by atoms with E-state index in [-0.39, 0.29) is 6.10 Å². The summed E-state index contributed by atoms with van der Waals surface area (Å²) in [6.07, 6.45) is 25.4. The van der Waals surface area contributed by atoms with E-state index >= 15 is 0 Å². The third kappa shape index (κ3) is 14.6. The van der Waals surface area contributed by atoms with Crippen molar-refractivity contribution >= 4 is 36.8 Å².